The molecule has 0 N–H and O–H groups in total. The second kappa shape index (κ2) is 3.51. The average Bonchev–Trinajstić information content (AvgIpc) is 1.84. The molecule has 0 aromatic carbocycles. The topological polar surface area (TPSA) is 46.4 Å². The molecule has 60 valence electrons. The summed E-state index contributed by atoms with van der Waals surface area (Å²) >= 11 is 0. The van der Waals surface area contributed by atoms with Crippen molar-refractivity contribution < 1.29 is 4.92 Å². The van der Waals surface area contributed by atoms with Crippen molar-refractivity contribution in [2.24, 2.45) is 0 Å². The van der Waals surface area contributed by atoms with Gasteiger partial charge in [-0.15, -0.1) is 0 Å². The maximum Gasteiger partial charge on any atom is 0.225 e. The van der Waals surface area contributed by atoms with E-state index >= 15 is 0 Å². The van der Waals surface area contributed by atoms with Gasteiger partial charge in [-0.25, -0.2) is 0 Å². The Kier molecular flexibility index (Phi) is 3.28. The summed E-state index contributed by atoms with van der Waals surface area (Å²) in [5.41, 5.74) is 0. The first-order valence-corrected chi connectivity index (χ1v) is 3.26. The van der Waals surface area contributed by atoms with Crippen LogP contribution in [0.5, 0.6) is 0 Å². The largest absolute Gasteiger partial charge is 0.300 e. The summed E-state index contributed by atoms with van der Waals surface area (Å²) in [4.78, 5) is 11.8. The Morgan fingerprint density at radius 2 is 1.80 bits per heavy atom. The number of hydrogen-bond acceptors (Lipinski definition) is 3. The van der Waals surface area contributed by atoms with Gasteiger partial charge in [0, 0.05) is 11.8 Å². The molecule has 0 spiro atoms. The van der Waals surface area contributed by atoms with Gasteiger partial charge >= 0.3 is 0 Å². The van der Waals surface area contributed by atoms with Crippen molar-refractivity contribution >= 4 is 0 Å². The van der Waals surface area contributed by atoms with Crippen molar-refractivity contribution in [3.05, 3.63) is 10.1 Å². The van der Waals surface area contributed by atoms with Crippen molar-refractivity contribution in [3.8, 4) is 0 Å². The van der Waals surface area contributed by atoms with Crippen LogP contribution >= 0.6 is 0 Å². The Bertz CT molecular complexity index is 125. The van der Waals surface area contributed by atoms with E-state index < -0.39 is 6.04 Å². The molecule has 2 unspecified atom stereocenters. The van der Waals surface area contributed by atoms with Crippen molar-refractivity contribution in [2.75, 3.05) is 14.1 Å². The molecule has 0 aliphatic rings. The molecule has 0 aliphatic carbocycles. The van der Waals surface area contributed by atoms with E-state index in [0.29, 0.717) is 0 Å². The molecule has 0 fully saturated rings. The fraction of sp³-hybridized carbons (Fsp3) is 1.00. The fourth-order valence-electron chi connectivity index (χ4n) is 0.608. The Morgan fingerprint density at radius 1 is 1.40 bits per heavy atom. The van der Waals surface area contributed by atoms with Crippen LogP contribution in [0.4, 0.5) is 0 Å². The molecule has 0 amide bonds. The summed E-state index contributed by atoms with van der Waals surface area (Å²) < 4.78 is 0. The monoisotopic (exact) mass is 146 g/mol. The van der Waals surface area contributed by atoms with Gasteiger partial charge in [-0.3, -0.25) is 10.1 Å². The van der Waals surface area contributed by atoms with Gasteiger partial charge in [0.15, 0.2) is 0 Å². The summed E-state index contributed by atoms with van der Waals surface area (Å²) in [6.07, 6.45) is 0. The fourth-order valence-corrected chi connectivity index (χ4v) is 0.608. The second-order valence-corrected chi connectivity index (χ2v) is 2.73. The van der Waals surface area contributed by atoms with Crippen molar-refractivity contribution in [1.82, 2.24) is 4.90 Å². The highest BCUT2D eigenvalue weighted by molar-refractivity contribution is 4.65. The van der Waals surface area contributed by atoms with Crippen LogP contribution in [0.2, 0.25) is 0 Å². The van der Waals surface area contributed by atoms with E-state index in [-0.39, 0.29) is 11.0 Å². The van der Waals surface area contributed by atoms with E-state index in [9.17, 15) is 10.1 Å². The van der Waals surface area contributed by atoms with Gasteiger partial charge in [0.1, 0.15) is 0 Å². The summed E-state index contributed by atoms with van der Waals surface area (Å²) in [7, 11) is 3.68. The molecule has 0 radical (unpaired) electrons. The first kappa shape index (κ1) is 9.36. The third-order valence-corrected chi connectivity index (χ3v) is 1.85. The van der Waals surface area contributed by atoms with E-state index in [1.807, 2.05) is 25.9 Å². The smallest absolute Gasteiger partial charge is 0.225 e. The number of nitrogens with zero attached hydrogens (tertiary/aromatic N) is 2. The molecule has 0 rings (SSSR count). The molecule has 0 aliphatic heterocycles. The van der Waals surface area contributed by atoms with Gasteiger partial charge in [0.2, 0.25) is 6.04 Å². The SMILES string of the molecule is CC(C(C)[N+](=O)[O-])N(C)C. The van der Waals surface area contributed by atoms with E-state index in [4.69, 9.17) is 0 Å². The Hall–Kier alpha value is -0.640. The molecule has 4 heteroatoms. The minimum Gasteiger partial charge on any atom is -0.300 e. The highest BCUT2D eigenvalue weighted by Crippen LogP contribution is 2.01. The average molecular weight is 146 g/mol. The summed E-state index contributed by atoms with van der Waals surface area (Å²) in [5, 5.41) is 10.2. The van der Waals surface area contributed by atoms with Crippen molar-refractivity contribution in [1.29, 1.82) is 0 Å². The van der Waals surface area contributed by atoms with E-state index in [1.165, 1.54) is 0 Å². The Labute approximate surface area is 61.0 Å². The van der Waals surface area contributed by atoms with Gasteiger partial charge in [-0.1, -0.05) is 0 Å². The maximum atomic E-state index is 10.2. The van der Waals surface area contributed by atoms with Crippen LogP contribution in [0.1, 0.15) is 13.8 Å². The standard InChI is InChI=1S/C6H14N2O2/c1-5(7(3)4)6(2)8(9)10/h5-6H,1-4H3. The summed E-state index contributed by atoms with van der Waals surface area (Å²) in [5.74, 6) is 0. The molecule has 0 bridgehead atoms. The third kappa shape index (κ3) is 2.31. The first-order valence-electron chi connectivity index (χ1n) is 3.26. The van der Waals surface area contributed by atoms with Crippen LogP contribution in [0.25, 0.3) is 0 Å². The first-order chi connectivity index (χ1) is 4.46. The molecule has 0 heterocycles. The van der Waals surface area contributed by atoms with Crippen molar-refractivity contribution in [3.63, 3.8) is 0 Å². The number of rotatable bonds is 3. The number of likely N-dealkylation sites (N-methyl/N-ethyl adjacent to an activating group) is 1. The molecular weight excluding hydrogens is 132 g/mol. The molecule has 0 saturated carbocycles. The molecule has 10 heavy (non-hydrogen) atoms. The zero-order chi connectivity index (χ0) is 8.31. The molecular formula is C6H14N2O2. The second-order valence-electron chi connectivity index (χ2n) is 2.73. The normalized spacial score (nSPS) is 16.9. The van der Waals surface area contributed by atoms with Crippen LogP contribution < -0.4 is 0 Å². The lowest BCUT2D eigenvalue weighted by Gasteiger charge is -2.20. The molecule has 2 atom stereocenters. The highest BCUT2D eigenvalue weighted by Gasteiger charge is 2.23. The van der Waals surface area contributed by atoms with Crippen molar-refractivity contribution in [2.45, 2.75) is 25.9 Å². The lowest BCUT2D eigenvalue weighted by molar-refractivity contribution is -0.524. The predicted molar refractivity (Wildman–Crippen MR) is 39.6 cm³/mol. The minimum absolute atomic E-state index is 0.00463. The zero-order valence-electron chi connectivity index (χ0n) is 6.87. The van der Waals surface area contributed by atoms with Crippen LogP contribution in [-0.2, 0) is 0 Å². The van der Waals surface area contributed by atoms with Gasteiger partial charge in [0.05, 0.1) is 6.04 Å². The zero-order valence-corrected chi connectivity index (χ0v) is 6.87. The van der Waals surface area contributed by atoms with Crippen LogP contribution in [0.3, 0.4) is 0 Å². The van der Waals surface area contributed by atoms with Crippen LogP contribution in [-0.4, -0.2) is 36.0 Å². The third-order valence-electron chi connectivity index (χ3n) is 1.85. The van der Waals surface area contributed by atoms with Crippen LogP contribution in [0.15, 0.2) is 0 Å². The molecule has 0 aromatic heterocycles. The Morgan fingerprint density at radius 3 is 1.90 bits per heavy atom. The Balaban J connectivity index is 3.94. The molecule has 4 nitrogen and oxygen atoms in total. The van der Waals surface area contributed by atoms with Gasteiger partial charge in [0.25, 0.3) is 0 Å². The minimum atomic E-state index is -0.491. The summed E-state index contributed by atoms with van der Waals surface area (Å²) in [6.45, 7) is 3.46. The number of hydrogen-bond donors (Lipinski definition) is 0. The van der Waals surface area contributed by atoms with E-state index in [1.54, 1.807) is 6.92 Å². The van der Waals surface area contributed by atoms with Crippen LogP contribution in [0, 0.1) is 10.1 Å². The maximum absolute atomic E-state index is 10.2. The molecule has 0 saturated heterocycles. The van der Waals surface area contributed by atoms with E-state index in [2.05, 4.69) is 0 Å². The van der Waals surface area contributed by atoms with Gasteiger partial charge in [-0.05, 0) is 21.0 Å². The highest BCUT2D eigenvalue weighted by atomic mass is 16.6. The summed E-state index contributed by atoms with van der Waals surface area (Å²) in [6, 6.07) is -0.495. The van der Waals surface area contributed by atoms with Gasteiger partial charge in [-0.2, -0.15) is 0 Å². The van der Waals surface area contributed by atoms with Gasteiger partial charge < -0.3 is 4.90 Å². The predicted octanol–water partition coefficient (Wildman–Crippen LogP) is 0.602. The molecule has 0 aromatic rings. The van der Waals surface area contributed by atoms with E-state index in [0.717, 1.165) is 0 Å². The number of nitro groups is 1. The lowest BCUT2D eigenvalue weighted by atomic mass is 10.2. The quantitative estimate of drug-likeness (QED) is 0.432. The lowest BCUT2D eigenvalue weighted by Crippen LogP contribution is -2.39.